The Hall–Kier alpha value is -1.73. The summed E-state index contributed by atoms with van der Waals surface area (Å²) in [5, 5.41) is 12.1. The van der Waals surface area contributed by atoms with Crippen LogP contribution in [-0.2, 0) is 4.79 Å². The van der Waals surface area contributed by atoms with Crippen molar-refractivity contribution in [1.29, 1.82) is 0 Å². The van der Waals surface area contributed by atoms with E-state index in [0.29, 0.717) is 13.1 Å². The molecule has 1 amide bonds. The number of aromatic nitrogens is 2. The maximum Gasteiger partial charge on any atom is 0.245 e. The third kappa shape index (κ3) is 2.66. The summed E-state index contributed by atoms with van der Waals surface area (Å²) >= 11 is 1.58. The van der Waals surface area contributed by atoms with Crippen LogP contribution in [-0.4, -0.2) is 58.2 Å². The van der Waals surface area contributed by atoms with E-state index in [1.165, 1.54) is 0 Å². The van der Waals surface area contributed by atoms with Crippen molar-refractivity contribution in [3.8, 4) is 0 Å². The van der Waals surface area contributed by atoms with Gasteiger partial charge in [0.1, 0.15) is 23.0 Å². The minimum absolute atomic E-state index is 0.00537. The Bertz CT molecular complexity index is 660. The summed E-state index contributed by atoms with van der Waals surface area (Å²) in [5.74, 6) is 0.929. The van der Waals surface area contributed by atoms with Gasteiger partial charge in [-0.25, -0.2) is 9.97 Å². The molecule has 2 aromatic rings. The van der Waals surface area contributed by atoms with E-state index in [1.807, 2.05) is 18.4 Å². The lowest BCUT2D eigenvalue weighted by molar-refractivity contribution is -0.132. The van der Waals surface area contributed by atoms with Gasteiger partial charge in [-0.3, -0.25) is 4.79 Å². The first-order chi connectivity index (χ1) is 10.8. The number of nitrogens with zero attached hydrogens (tertiary/aromatic N) is 4. The number of amides is 1. The number of hydrogen-bond acceptors (Lipinski definition) is 6. The second-order valence-corrected chi connectivity index (χ2v) is 6.22. The first-order valence-corrected chi connectivity index (χ1v) is 8.48. The van der Waals surface area contributed by atoms with Crippen molar-refractivity contribution in [2.75, 3.05) is 31.1 Å². The van der Waals surface area contributed by atoms with Crippen molar-refractivity contribution in [1.82, 2.24) is 14.9 Å². The SMILES string of the molecule is CCN(CCO)C(=O)C1CCCN1c1ncnc2sccc12. The van der Waals surface area contributed by atoms with Gasteiger partial charge < -0.3 is 14.9 Å². The molecule has 1 aliphatic rings. The number of fused-ring (bicyclic) bond motifs is 1. The molecule has 0 bridgehead atoms. The van der Waals surface area contributed by atoms with Crippen molar-refractivity contribution in [3.05, 3.63) is 17.8 Å². The molecule has 118 valence electrons. The van der Waals surface area contributed by atoms with Crippen LogP contribution in [0.3, 0.4) is 0 Å². The fourth-order valence-corrected chi connectivity index (χ4v) is 3.77. The Morgan fingerprint density at radius 2 is 2.41 bits per heavy atom. The molecule has 0 aliphatic carbocycles. The van der Waals surface area contributed by atoms with Gasteiger partial charge in [-0.15, -0.1) is 11.3 Å². The monoisotopic (exact) mass is 320 g/mol. The summed E-state index contributed by atoms with van der Waals surface area (Å²) in [6.45, 7) is 3.76. The molecule has 3 heterocycles. The van der Waals surface area contributed by atoms with E-state index >= 15 is 0 Å². The molecule has 6 nitrogen and oxygen atoms in total. The fourth-order valence-electron chi connectivity index (χ4n) is 3.04. The highest BCUT2D eigenvalue weighted by Crippen LogP contribution is 2.32. The third-order valence-electron chi connectivity index (χ3n) is 4.11. The highest BCUT2D eigenvalue weighted by Gasteiger charge is 2.34. The minimum atomic E-state index is -0.190. The number of thiophene rings is 1. The molecule has 7 heteroatoms. The molecule has 0 spiro atoms. The molecular weight excluding hydrogens is 300 g/mol. The van der Waals surface area contributed by atoms with E-state index < -0.39 is 0 Å². The first kappa shape index (κ1) is 15.2. The van der Waals surface area contributed by atoms with Crippen molar-refractivity contribution in [2.45, 2.75) is 25.8 Å². The highest BCUT2D eigenvalue weighted by molar-refractivity contribution is 7.16. The molecular formula is C15H20N4O2S. The summed E-state index contributed by atoms with van der Waals surface area (Å²) < 4.78 is 0. The predicted octanol–water partition coefficient (Wildman–Crippen LogP) is 1.50. The quantitative estimate of drug-likeness (QED) is 0.904. The topological polar surface area (TPSA) is 69.6 Å². The molecule has 1 fully saturated rings. The van der Waals surface area contributed by atoms with E-state index in [1.54, 1.807) is 22.6 Å². The molecule has 1 unspecified atom stereocenters. The van der Waals surface area contributed by atoms with Crippen molar-refractivity contribution in [2.24, 2.45) is 0 Å². The minimum Gasteiger partial charge on any atom is -0.395 e. The van der Waals surface area contributed by atoms with Crippen LogP contribution in [0.15, 0.2) is 17.8 Å². The Morgan fingerprint density at radius 1 is 1.55 bits per heavy atom. The van der Waals surface area contributed by atoms with E-state index in [9.17, 15) is 4.79 Å². The van der Waals surface area contributed by atoms with Gasteiger partial charge in [0.05, 0.1) is 12.0 Å². The largest absolute Gasteiger partial charge is 0.395 e. The van der Waals surface area contributed by atoms with Crippen LogP contribution < -0.4 is 4.90 Å². The number of aliphatic hydroxyl groups is 1. The average molecular weight is 320 g/mol. The number of carbonyl (C=O) groups excluding carboxylic acids is 1. The second-order valence-electron chi connectivity index (χ2n) is 5.33. The van der Waals surface area contributed by atoms with Crippen molar-refractivity contribution in [3.63, 3.8) is 0 Å². The lowest BCUT2D eigenvalue weighted by Crippen LogP contribution is -2.47. The van der Waals surface area contributed by atoms with E-state index in [0.717, 1.165) is 35.4 Å². The average Bonchev–Trinajstić information content (AvgIpc) is 3.19. The van der Waals surface area contributed by atoms with Gasteiger partial charge in [-0.05, 0) is 31.2 Å². The van der Waals surface area contributed by atoms with Gasteiger partial charge >= 0.3 is 0 Å². The van der Waals surface area contributed by atoms with Crippen LogP contribution in [0.4, 0.5) is 5.82 Å². The number of carbonyl (C=O) groups is 1. The molecule has 0 saturated carbocycles. The maximum absolute atomic E-state index is 12.8. The zero-order valence-corrected chi connectivity index (χ0v) is 13.4. The van der Waals surface area contributed by atoms with Gasteiger partial charge in [0.25, 0.3) is 0 Å². The molecule has 3 rings (SSSR count). The van der Waals surface area contributed by atoms with Gasteiger partial charge in [-0.2, -0.15) is 0 Å². The smallest absolute Gasteiger partial charge is 0.245 e. The number of aliphatic hydroxyl groups excluding tert-OH is 1. The molecule has 0 aromatic carbocycles. The predicted molar refractivity (Wildman–Crippen MR) is 87.1 cm³/mol. The van der Waals surface area contributed by atoms with Crippen LogP contribution >= 0.6 is 11.3 Å². The number of hydrogen-bond donors (Lipinski definition) is 1. The van der Waals surface area contributed by atoms with E-state index in [-0.39, 0.29) is 18.6 Å². The summed E-state index contributed by atoms with van der Waals surface area (Å²) in [7, 11) is 0. The molecule has 1 aliphatic heterocycles. The number of rotatable bonds is 5. The molecule has 22 heavy (non-hydrogen) atoms. The fraction of sp³-hybridized carbons (Fsp3) is 0.533. The van der Waals surface area contributed by atoms with Gasteiger partial charge in [0, 0.05) is 19.6 Å². The van der Waals surface area contributed by atoms with Crippen LogP contribution in [0.25, 0.3) is 10.2 Å². The number of anilines is 1. The van der Waals surface area contributed by atoms with Crippen LogP contribution in [0.5, 0.6) is 0 Å². The molecule has 1 saturated heterocycles. The first-order valence-electron chi connectivity index (χ1n) is 7.60. The van der Waals surface area contributed by atoms with Crippen LogP contribution in [0.2, 0.25) is 0 Å². The van der Waals surface area contributed by atoms with E-state index in [2.05, 4.69) is 14.9 Å². The lowest BCUT2D eigenvalue weighted by Gasteiger charge is -2.30. The summed E-state index contributed by atoms with van der Waals surface area (Å²) in [6, 6.07) is 1.82. The Balaban J connectivity index is 1.90. The van der Waals surface area contributed by atoms with Gasteiger partial charge in [-0.1, -0.05) is 0 Å². The number of likely N-dealkylation sites (N-methyl/N-ethyl adjacent to an activating group) is 1. The normalized spacial score (nSPS) is 18.1. The van der Waals surface area contributed by atoms with Gasteiger partial charge in [0.15, 0.2) is 0 Å². The lowest BCUT2D eigenvalue weighted by atomic mass is 10.2. The van der Waals surface area contributed by atoms with Gasteiger partial charge in [0.2, 0.25) is 5.91 Å². The van der Waals surface area contributed by atoms with Crippen molar-refractivity contribution < 1.29 is 9.90 Å². The molecule has 0 radical (unpaired) electrons. The summed E-state index contributed by atoms with van der Waals surface area (Å²) in [6.07, 6.45) is 3.37. The zero-order chi connectivity index (χ0) is 15.5. The van der Waals surface area contributed by atoms with Crippen LogP contribution in [0, 0.1) is 0 Å². The van der Waals surface area contributed by atoms with E-state index in [4.69, 9.17) is 5.11 Å². The van der Waals surface area contributed by atoms with Crippen LogP contribution in [0.1, 0.15) is 19.8 Å². The molecule has 1 atom stereocenters. The Kier molecular flexibility index (Phi) is 4.54. The Labute approximate surface area is 133 Å². The summed E-state index contributed by atoms with van der Waals surface area (Å²) in [5.41, 5.74) is 0. The second kappa shape index (κ2) is 6.58. The molecule has 1 N–H and O–H groups in total. The zero-order valence-electron chi connectivity index (χ0n) is 12.6. The van der Waals surface area contributed by atoms with Crippen molar-refractivity contribution >= 4 is 33.3 Å². The highest BCUT2D eigenvalue weighted by atomic mass is 32.1. The maximum atomic E-state index is 12.8. The third-order valence-corrected chi connectivity index (χ3v) is 4.93. The Morgan fingerprint density at radius 3 is 3.18 bits per heavy atom. The standard InChI is InChI=1S/C15H20N4O2S/c1-2-18(7-8-20)15(21)12-4-3-6-19(12)13-11-5-9-22-14(11)17-10-16-13/h5,9-10,12,20H,2-4,6-8H2,1H3. The summed E-state index contributed by atoms with van der Waals surface area (Å²) in [4.78, 5) is 26.2. The molecule has 2 aromatic heterocycles.